The minimum absolute atomic E-state index is 0.0556. The summed E-state index contributed by atoms with van der Waals surface area (Å²) < 4.78 is 10.5. The second-order valence-corrected chi connectivity index (χ2v) is 6.44. The molecule has 2 rings (SSSR count). The van der Waals surface area contributed by atoms with Crippen LogP contribution in [0.2, 0.25) is 0 Å². The van der Waals surface area contributed by atoms with Gasteiger partial charge in [-0.2, -0.15) is 0 Å². The number of rotatable bonds is 7. The Kier molecular flexibility index (Phi) is 7.57. The van der Waals surface area contributed by atoms with Crippen molar-refractivity contribution >= 4 is 35.2 Å². The lowest BCUT2D eigenvalue weighted by molar-refractivity contribution is -0.120. The van der Waals surface area contributed by atoms with E-state index in [1.165, 1.54) is 39.0 Å². The van der Waals surface area contributed by atoms with E-state index in [4.69, 9.17) is 9.47 Å². The number of nitrogens with one attached hydrogen (secondary N) is 2. The van der Waals surface area contributed by atoms with Crippen molar-refractivity contribution in [1.82, 2.24) is 5.32 Å². The average molecular weight is 411 g/mol. The molecule has 158 valence electrons. The van der Waals surface area contributed by atoms with E-state index < -0.39 is 5.91 Å². The van der Waals surface area contributed by atoms with Gasteiger partial charge in [0.2, 0.25) is 11.8 Å². The zero-order chi connectivity index (χ0) is 22.3. The third-order valence-electron chi connectivity index (χ3n) is 4.24. The first-order chi connectivity index (χ1) is 14.2. The molecule has 8 heteroatoms. The fourth-order valence-electron chi connectivity index (χ4n) is 2.63. The lowest BCUT2D eigenvalue weighted by Crippen LogP contribution is -2.29. The predicted molar refractivity (Wildman–Crippen MR) is 115 cm³/mol. The Bertz CT molecular complexity index is 984. The molecule has 0 aromatic heterocycles. The van der Waals surface area contributed by atoms with E-state index in [1.54, 1.807) is 49.5 Å². The van der Waals surface area contributed by atoms with Crippen LogP contribution in [0, 0.1) is 0 Å². The number of anilines is 2. The highest BCUT2D eigenvalue weighted by Gasteiger charge is 2.14. The Morgan fingerprint density at radius 2 is 1.67 bits per heavy atom. The van der Waals surface area contributed by atoms with Crippen LogP contribution in [-0.2, 0) is 14.4 Å². The molecule has 30 heavy (non-hydrogen) atoms. The fraction of sp³-hybridized carbons (Fsp3) is 0.227. The van der Waals surface area contributed by atoms with Crippen molar-refractivity contribution in [3.63, 3.8) is 0 Å². The number of ether oxygens (including phenoxy) is 2. The highest BCUT2D eigenvalue weighted by Crippen LogP contribution is 2.28. The minimum Gasteiger partial charge on any atom is -0.493 e. The van der Waals surface area contributed by atoms with Crippen LogP contribution < -0.4 is 25.0 Å². The zero-order valence-electron chi connectivity index (χ0n) is 17.6. The lowest BCUT2D eigenvalue weighted by atomic mass is 10.1. The van der Waals surface area contributed by atoms with Crippen molar-refractivity contribution in [2.75, 3.05) is 31.5 Å². The molecule has 0 spiro atoms. The van der Waals surface area contributed by atoms with Gasteiger partial charge < -0.3 is 25.0 Å². The van der Waals surface area contributed by atoms with Gasteiger partial charge in [-0.05, 0) is 42.0 Å². The lowest BCUT2D eigenvalue weighted by Gasteiger charge is -2.16. The molecule has 2 aromatic carbocycles. The maximum atomic E-state index is 12.8. The Balaban J connectivity index is 2.32. The molecule has 0 heterocycles. The monoisotopic (exact) mass is 411 g/mol. The summed E-state index contributed by atoms with van der Waals surface area (Å²) in [6.45, 7) is 2.77. The number of hydrogen-bond acceptors (Lipinski definition) is 5. The number of nitrogens with zero attached hydrogens (tertiary/aromatic N) is 1. The highest BCUT2D eigenvalue weighted by molar-refractivity contribution is 6.08. The molecule has 0 aliphatic heterocycles. The first-order valence-corrected chi connectivity index (χ1v) is 9.12. The van der Waals surface area contributed by atoms with Crippen LogP contribution in [0.3, 0.4) is 0 Å². The molecule has 0 bridgehead atoms. The molecule has 0 aliphatic carbocycles. The number of benzene rings is 2. The fourth-order valence-corrected chi connectivity index (χ4v) is 2.63. The van der Waals surface area contributed by atoms with Gasteiger partial charge in [0.25, 0.3) is 5.91 Å². The number of methoxy groups -OCH3 is 2. The summed E-state index contributed by atoms with van der Waals surface area (Å²) in [5, 5.41) is 5.28. The summed E-state index contributed by atoms with van der Waals surface area (Å²) in [6.07, 6.45) is 1.53. The minimum atomic E-state index is -0.511. The van der Waals surface area contributed by atoms with Crippen LogP contribution in [0.5, 0.6) is 11.5 Å². The van der Waals surface area contributed by atoms with Gasteiger partial charge >= 0.3 is 0 Å². The van der Waals surface area contributed by atoms with Gasteiger partial charge in [0.1, 0.15) is 5.70 Å². The molecule has 2 N–H and O–H groups in total. The van der Waals surface area contributed by atoms with E-state index >= 15 is 0 Å². The molecule has 0 fully saturated rings. The van der Waals surface area contributed by atoms with Crippen molar-refractivity contribution < 1.29 is 23.9 Å². The van der Waals surface area contributed by atoms with E-state index in [0.29, 0.717) is 28.4 Å². The molecule has 0 unspecified atom stereocenters. The Labute approximate surface area is 175 Å². The molecule has 0 atom stereocenters. The molecular weight excluding hydrogens is 386 g/mol. The van der Waals surface area contributed by atoms with Crippen LogP contribution in [-0.4, -0.2) is 39.0 Å². The third-order valence-corrected chi connectivity index (χ3v) is 4.24. The smallest absolute Gasteiger partial charge is 0.272 e. The van der Waals surface area contributed by atoms with Crippen LogP contribution in [0.25, 0.3) is 6.08 Å². The number of amides is 3. The van der Waals surface area contributed by atoms with E-state index in [9.17, 15) is 14.4 Å². The summed E-state index contributed by atoms with van der Waals surface area (Å²) in [4.78, 5) is 37.5. The first-order valence-electron chi connectivity index (χ1n) is 9.12. The average Bonchev–Trinajstić information content (AvgIpc) is 2.72. The summed E-state index contributed by atoms with van der Waals surface area (Å²) in [7, 11) is 4.68. The third kappa shape index (κ3) is 5.84. The molecule has 3 amide bonds. The second kappa shape index (κ2) is 10.1. The highest BCUT2D eigenvalue weighted by atomic mass is 16.5. The van der Waals surface area contributed by atoms with E-state index in [2.05, 4.69) is 10.6 Å². The topological polar surface area (TPSA) is 97.0 Å². The van der Waals surface area contributed by atoms with Crippen LogP contribution in [0.1, 0.15) is 19.4 Å². The summed E-state index contributed by atoms with van der Waals surface area (Å²) >= 11 is 0. The molecule has 0 saturated carbocycles. The summed E-state index contributed by atoms with van der Waals surface area (Å²) in [5.41, 5.74) is 1.80. The van der Waals surface area contributed by atoms with Gasteiger partial charge in [0.05, 0.1) is 14.2 Å². The molecule has 0 saturated heterocycles. The van der Waals surface area contributed by atoms with Crippen molar-refractivity contribution in [2.24, 2.45) is 0 Å². The van der Waals surface area contributed by atoms with E-state index in [1.807, 2.05) is 0 Å². The first kappa shape index (κ1) is 22.5. The molecule has 0 aliphatic rings. The van der Waals surface area contributed by atoms with Crippen molar-refractivity contribution in [3.05, 3.63) is 53.7 Å². The van der Waals surface area contributed by atoms with E-state index in [0.717, 1.165) is 0 Å². The van der Waals surface area contributed by atoms with Crippen LogP contribution in [0.4, 0.5) is 11.4 Å². The second-order valence-electron chi connectivity index (χ2n) is 6.44. The maximum absolute atomic E-state index is 12.8. The molecule has 0 radical (unpaired) electrons. The standard InChI is InChI=1S/C22H25N3O5/c1-14(26)23-19(11-16-9-10-20(29-4)21(12-16)30-5)22(28)24-17-7-6-8-18(13-17)25(3)15(2)27/h6-13H,1-5H3,(H,23,26)(H,24,28)/b19-11-. The van der Waals surface area contributed by atoms with Gasteiger partial charge in [0.15, 0.2) is 11.5 Å². The van der Waals surface area contributed by atoms with Crippen molar-refractivity contribution in [2.45, 2.75) is 13.8 Å². The molecular formula is C22H25N3O5. The van der Waals surface area contributed by atoms with Crippen LogP contribution in [0.15, 0.2) is 48.2 Å². The van der Waals surface area contributed by atoms with Gasteiger partial charge in [-0.25, -0.2) is 0 Å². The number of carbonyl (C=O) groups excluding carboxylic acids is 3. The Morgan fingerprint density at radius 3 is 2.27 bits per heavy atom. The molecule has 2 aromatic rings. The predicted octanol–water partition coefficient (Wildman–Crippen LogP) is 2.80. The van der Waals surface area contributed by atoms with Gasteiger partial charge in [-0.1, -0.05) is 12.1 Å². The SMILES string of the molecule is COc1ccc(/C=C(\NC(C)=O)C(=O)Nc2cccc(N(C)C(C)=O)c2)cc1OC. The number of hydrogen-bond donors (Lipinski definition) is 2. The Hall–Kier alpha value is -3.81. The normalized spacial score (nSPS) is 10.8. The van der Waals surface area contributed by atoms with Gasteiger partial charge in [0, 0.05) is 32.3 Å². The van der Waals surface area contributed by atoms with Gasteiger partial charge in [-0.15, -0.1) is 0 Å². The van der Waals surface area contributed by atoms with Gasteiger partial charge in [-0.3, -0.25) is 14.4 Å². The molecule has 8 nitrogen and oxygen atoms in total. The Morgan fingerprint density at radius 1 is 0.967 bits per heavy atom. The summed E-state index contributed by atoms with van der Waals surface area (Å²) in [6, 6.07) is 12.0. The van der Waals surface area contributed by atoms with Crippen molar-refractivity contribution in [1.29, 1.82) is 0 Å². The largest absolute Gasteiger partial charge is 0.493 e. The van der Waals surface area contributed by atoms with Crippen molar-refractivity contribution in [3.8, 4) is 11.5 Å². The number of carbonyl (C=O) groups is 3. The zero-order valence-corrected chi connectivity index (χ0v) is 17.6. The van der Waals surface area contributed by atoms with E-state index in [-0.39, 0.29) is 17.5 Å². The quantitative estimate of drug-likeness (QED) is 0.683. The summed E-state index contributed by atoms with van der Waals surface area (Å²) in [5.74, 6) is 0.00991. The van der Waals surface area contributed by atoms with Crippen LogP contribution >= 0.6 is 0 Å². The maximum Gasteiger partial charge on any atom is 0.272 e.